The Bertz CT molecular complexity index is 554. The van der Waals surface area contributed by atoms with Crippen molar-refractivity contribution >= 4 is 11.8 Å². The first-order chi connectivity index (χ1) is 20.5. The van der Waals surface area contributed by atoms with Crippen molar-refractivity contribution in [3.05, 3.63) is 12.2 Å². The van der Waals surface area contributed by atoms with Crippen molar-refractivity contribution in [2.45, 2.75) is 218 Å². The van der Waals surface area contributed by atoms with Gasteiger partial charge in [0.1, 0.15) is 0 Å². The predicted octanol–water partition coefficient (Wildman–Crippen LogP) is 11.8. The summed E-state index contributed by atoms with van der Waals surface area (Å²) in [5.41, 5.74) is 11.8. The highest BCUT2D eigenvalue weighted by Gasteiger charge is 2.00. The van der Waals surface area contributed by atoms with Gasteiger partial charge in [0.05, 0.1) is 0 Å². The number of hydrogen-bond acceptors (Lipinski definition) is 2. The van der Waals surface area contributed by atoms with E-state index in [4.69, 9.17) is 11.5 Å². The van der Waals surface area contributed by atoms with Crippen LogP contribution in [-0.4, -0.2) is 11.8 Å². The van der Waals surface area contributed by atoms with E-state index in [1.54, 1.807) is 0 Å². The topological polar surface area (TPSA) is 86.2 Å². The van der Waals surface area contributed by atoms with E-state index in [1.165, 1.54) is 185 Å². The van der Waals surface area contributed by atoms with E-state index in [9.17, 15) is 9.59 Å². The zero-order chi connectivity index (χ0) is 30.8. The molecule has 0 aliphatic heterocycles. The summed E-state index contributed by atoms with van der Waals surface area (Å²) in [6.07, 6.45) is 43.7. The Labute approximate surface area is 263 Å². The van der Waals surface area contributed by atoms with Gasteiger partial charge in [-0.1, -0.05) is 179 Å². The highest BCUT2D eigenvalue weighted by atomic mass is 16.1. The summed E-state index contributed by atoms with van der Waals surface area (Å²) in [5.74, 6) is -0.312. The second-order valence-corrected chi connectivity index (χ2v) is 13.3. The minimum Gasteiger partial charge on any atom is -0.370 e. The Morgan fingerprint density at radius 3 is 0.595 bits per heavy atom. The van der Waals surface area contributed by atoms with Crippen molar-refractivity contribution in [1.82, 2.24) is 0 Å². The van der Waals surface area contributed by atoms with Gasteiger partial charge in [0.25, 0.3) is 0 Å². The molecule has 4 heteroatoms. The van der Waals surface area contributed by atoms with Gasteiger partial charge in [-0.3, -0.25) is 9.59 Å². The molecule has 0 aromatic rings. The van der Waals surface area contributed by atoms with Crippen LogP contribution in [0.5, 0.6) is 0 Å². The Balaban J connectivity index is 3.16. The van der Waals surface area contributed by atoms with Crippen molar-refractivity contribution < 1.29 is 9.59 Å². The first-order valence-corrected chi connectivity index (χ1v) is 18.8. The summed E-state index contributed by atoms with van der Waals surface area (Å²) in [7, 11) is 0. The molecule has 0 atom stereocenters. The van der Waals surface area contributed by atoms with Crippen LogP contribution in [0.15, 0.2) is 12.2 Å². The first-order valence-electron chi connectivity index (χ1n) is 18.8. The van der Waals surface area contributed by atoms with Crippen LogP contribution in [0.2, 0.25) is 0 Å². The maximum Gasteiger partial charge on any atom is 0.217 e. The molecule has 0 aliphatic carbocycles. The zero-order valence-corrected chi connectivity index (χ0v) is 28.2. The summed E-state index contributed by atoms with van der Waals surface area (Å²) in [6, 6.07) is 0. The lowest BCUT2D eigenvalue weighted by Gasteiger charge is -2.07. The summed E-state index contributed by atoms with van der Waals surface area (Å²) in [6.45, 7) is 4.35. The van der Waals surface area contributed by atoms with Crippen molar-refractivity contribution in [2.24, 2.45) is 11.5 Å². The molecule has 0 heterocycles. The molecule has 2 amide bonds. The van der Waals surface area contributed by atoms with Gasteiger partial charge in [0, 0.05) is 12.8 Å². The molecule has 0 unspecified atom stereocenters. The molecule has 248 valence electrons. The van der Waals surface area contributed by atoms with Crippen molar-refractivity contribution in [1.29, 1.82) is 0 Å². The van der Waals surface area contributed by atoms with E-state index in [2.05, 4.69) is 6.58 Å². The molecule has 42 heavy (non-hydrogen) atoms. The van der Waals surface area contributed by atoms with Crippen LogP contribution in [0, 0.1) is 0 Å². The number of amides is 2. The van der Waals surface area contributed by atoms with Crippen LogP contribution < -0.4 is 11.5 Å². The van der Waals surface area contributed by atoms with E-state index in [0.29, 0.717) is 12.8 Å². The fraction of sp³-hybridized carbons (Fsp3) is 0.895. The molecule has 0 aromatic carbocycles. The minimum absolute atomic E-state index is 0.156. The molecule has 0 radical (unpaired) electrons. The van der Waals surface area contributed by atoms with Gasteiger partial charge in [-0.05, 0) is 38.5 Å². The maximum absolute atomic E-state index is 10.7. The average molecular weight is 591 g/mol. The van der Waals surface area contributed by atoms with Crippen LogP contribution in [0.1, 0.15) is 218 Å². The Morgan fingerprint density at radius 1 is 0.286 bits per heavy atom. The highest BCUT2D eigenvalue weighted by molar-refractivity contribution is 5.73. The monoisotopic (exact) mass is 591 g/mol. The normalized spacial score (nSPS) is 11.2. The van der Waals surface area contributed by atoms with Crippen molar-refractivity contribution in [3.8, 4) is 0 Å². The van der Waals surface area contributed by atoms with Crippen LogP contribution in [0.3, 0.4) is 0 Å². The lowest BCUT2D eigenvalue weighted by Crippen LogP contribution is -2.09. The minimum atomic E-state index is -0.156. The lowest BCUT2D eigenvalue weighted by atomic mass is 10.00. The summed E-state index contributed by atoms with van der Waals surface area (Å²) in [5, 5.41) is 0. The molecular formula is C38H74N2O2. The SMILES string of the molecule is C=C(CCCCCCCCCCCCCCCCCC(N)=O)CCCCCCCCCCCCCCCCCC(N)=O. The molecular weight excluding hydrogens is 516 g/mol. The number of primary amides is 2. The molecule has 0 fully saturated rings. The average Bonchev–Trinajstić information content (AvgIpc) is 2.96. The van der Waals surface area contributed by atoms with E-state index in [0.717, 1.165) is 25.7 Å². The van der Waals surface area contributed by atoms with Gasteiger partial charge >= 0.3 is 0 Å². The standard InChI is InChI=1S/C38H74N2O2/c1-36(32-28-24-20-16-12-8-4-2-6-10-14-18-22-26-30-34-37(39)41)33-29-25-21-17-13-9-5-3-7-11-15-19-23-27-31-35-38(40)42/h1-35H2,(H2,39,41)(H2,40,42). The predicted molar refractivity (Wildman–Crippen MR) is 185 cm³/mol. The van der Waals surface area contributed by atoms with E-state index >= 15 is 0 Å². The third-order valence-corrected chi connectivity index (χ3v) is 8.91. The zero-order valence-electron chi connectivity index (χ0n) is 28.2. The van der Waals surface area contributed by atoms with Crippen LogP contribution in [0.4, 0.5) is 0 Å². The number of rotatable bonds is 36. The summed E-state index contributed by atoms with van der Waals surface area (Å²) in [4.78, 5) is 21.4. The van der Waals surface area contributed by atoms with E-state index < -0.39 is 0 Å². The first kappa shape index (κ1) is 40.7. The number of unbranched alkanes of at least 4 members (excludes halogenated alkanes) is 28. The van der Waals surface area contributed by atoms with E-state index in [-0.39, 0.29) is 11.8 Å². The van der Waals surface area contributed by atoms with Gasteiger partial charge in [-0.15, -0.1) is 0 Å². The smallest absolute Gasteiger partial charge is 0.217 e. The number of nitrogens with two attached hydrogens (primary N) is 2. The van der Waals surface area contributed by atoms with Gasteiger partial charge in [0.2, 0.25) is 11.8 Å². The molecule has 0 spiro atoms. The lowest BCUT2D eigenvalue weighted by molar-refractivity contribution is -0.119. The molecule has 0 saturated carbocycles. The molecule has 0 saturated heterocycles. The molecule has 0 aromatic heterocycles. The number of allylic oxidation sites excluding steroid dienone is 1. The maximum atomic E-state index is 10.7. The quantitative estimate of drug-likeness (QED) is 0.0561. The Hall–Kier alpha value is -1.32. The van der Waals surface area contributed by atoms with Gasteiger partial charge in [-0.25, -0.2) is 0 Å². The summed E-state index contributed by atoms with van der Waals surface area (Å²) >= 11 is 0. The third-order valence-electron chi connectivity index (χ3n) is 8.91. The van der Waals surface area contributed by atoms with Crippen LogP contribution >= 0.6 is 0 Å². The Kier molecular flexibility index (Phi) is 33.1. The van der Waals surface area contributed by atoms with Gasteiger partial charge < -0.3 is 11.5 Å². The number of carbonyl (C=O) groups is 2. The molecule has 4 N–H and O–H groups in total. The van der Waals surface area contributed by atoms with Crippen molar-refractivity contribution in [2.75, 3.05) is 0 Å². The van der Waals surface area contributed by atoms with Gasteiger partial charge in [0.15, 0.2) is 0 Å². The number of hydrogen-bond donors (Lipinski definition) is 2. The van der Waals surface area contributed by atoms with E-state index in [1.807, 2.05) is 0 Å². The fourth-order valence-electron chi connectivity index (χ4n) is 6.07. The van der Waals surface area contributed by atoms with Crippen molar-refractivity contribution in [3.63, 3.8) is 0 Å². The second-order valence-electron chi connectivity index (χ2n) is 13.3. The highest BCUT2D eigenvalue weighted by Crippen LogP contribution is 2.19. The molecule has 0 aliphatic rings. The second kappa shape index (κ2) is 34.2. The third kappa shape index (κ3) is 36.7. The molecule has 4 nitrogen and oxygen atoms in total. The largest absolute Gasteiger partial charge is 0.370 e. The van der Waals surface area contributed by atoms with Crippen LogP contribution in [0.25, 0.3) is 0 Å². The molecule has 0 rings (SSSR count). The summed E-state index contributed by atoms with van der Waals surface area (Å²) < 4.78 is 0. The number of carbonyl (C=O) groups excluding carboxylic acids is 2. The van der Waals surface area contributed by atoms with Gasteiger partial charge in [-0.2, -0.15) is 0 Å². The fourth-order valence-corrected chi connectivity index (χ4v) is 6.07. The Morgan fingerprint density at radius 2 is 0.429 bits per heavy atom. The van der Waals surface area contributed by atoms with Crippen LogP contribution in [-0.2, 0) is 9.59 Å². The molecule has 0 bridgehead atoms.